The van der Waals surface area contributed by atoms with E-state index in [-0.39, 0.29) is 0 Å². The zero-order chi connectivity index (χ0) is 17.8. The highest BCUT2D eigenvalue weighted by Gasteiger charge is 2.23. The summed E-state index contributed by atoms with van der Waals surface area (Å²) >= 11 is 6.17. The van der Waals surface area contributed by atoms with E-state index in [1.165, 1.54) is 0 Å². The van der Waals surface area contributed by atoms with Gasteiger partial charge in [0.15, 0.2) is 0 Å². The van der Waals surface area contributed by atoms with Crippen LogP contribution in [0.5, 0.6) is 0 Å². The normalized spacial score (nSPS) is 12.0. The fraction of sp³-hybridized carbons (Fsp3) is 0.167. The Bertz CT molecular complexity index is 877. The second-order valence-corrected chi connectivity index (χ2v) is 6.16. The molecule has 1 aromatic carbocycles. The molecule has 0 aliphatic heterocycles. The highest BCUT2D eigenvalue weighted by molar-refractivity contribution is 6.31. The molecule has 0 saturated carbocycles. The van der Waals surface area contributed by atoms with E-state index in [1.54, 1.807) is 30.9 Å². The number of pyridine rings is 1. The molecular weight excluding hydrogens is 340 g/mol. The monoisotopic (exact) mass is 356 g/mol. The maximum absolute atomic E-state index is 11.7. The predicted molar refractivity (Wildman–Crippen MR) is 95.5 cm³/mol. The Kier molecular flexibility index (Phi) is 5.00. The predicted octanol–water partition coefficient (Wildman–Crippen LogP) is 2.97. The van der Waals surface area contributed by atoms with Crippen molar-refractivity contribution in [3.8, 4) is 0 Å². The molecule has 1 unspecified atom stereocenters. The Morgan fingerprint density at radius 1 is 1.24 bits per heavy atom. The van der Waals surface area contributed by atoms with Gasteiger partial charge in [0.1, 0.15) is 11.7 Å². The molecule has 1 atom stereocenters. The van der Waals surface area contributed by atoms with E-state index in [0.29, 0.717) is 29.5 Å². The molecule has 2 heterocycles. The molecule has 3 aromatic rings. The zero-order valence-corrected chi connectivity index (χ0v) is 14.1. The Morgan fingerprint density at radius 3 is 2.72 bits per heavy atom. The first-order valence-electron chi connectivity index (χ1n) is 7.71. The molecule has 6 nitrogen and oxygen atoms in total. The lowest BCUT2D eigenvalue weighted by Gasteiger charge is -2.10. The quantitative estimate of drug-likeness (QED) is 0.708. The number of hydrogen-bond donors (Lipinski definition) is 2. The molecule has 25 heavy (non-hydrogen) atoms. The average Bonchev–Trinajstić information content (AvgIpc) is 3.04. The van der Waals surface area contributed by atoms with Crippen LogP contribution in [-0.2, 0) is 17.8 Å². The van der Waals surface area contributed by atoms with Gasteiger partial charge in [-0.05, 0) is 29.7 Å². The van der Waals surface area contributed by atoms with Gasteiger partial charge in [-0.2, -0.15) is 0 Å². The minimum absolute atomic E-state index is 0.297. The molecular formula is C18H17ClN4O2. The van der Waals surface area contributed by atoms with Crippen molar-refractivity contribution in [2.45, 2.75) is 18.9 Å². The molecule has 0 aliphatic carbocycles. The average molecular weight is 357 g/mol. The maximum atomic E-state index is 11.7. The van der Waals surface area contributed by atoms with E-state index in [2.05, 4.69) is 9.97 Å². The summed E-state index contributed by atoms with van der Waals surface area (Å²) in [5, 5.41) is 10.2. The van der Waals surface area contributed by atoms with Crippen LogP contribution in [0.2, 0.25) is 5.02 Å². The van der Waals surface area contributed by atoms with Gasteiger partial charge < -0.3 is 15.4 Å². The molecule has 2 aromatic heterocycles. The highest BCUT2D eigenvalue weighted by Crippen LogP contribution is 2.21. The van der Waals surface area contributed by atoms with Gasteiger partial charge in [-0.15, -0.1) is 0 Å². The Labute approximate surface area is 149 Å². The van der Waals surface area contributed by atoms with Crippen LogP contribution in [0.3, 0.4) is 0 Å². The van der Waals surface area contributed by atoms with Crippen molar-refractivity contribution in [3.05, 3.63) is 77.0 Å². The number of carboxylic acids is 1. The minimum atomic E-state index is -0.931. The molecule has 0 radical (unpaired) electrons. The highest BCUT2D eigenvalue weighted by atomic mass is 35.5. The van der Waals surface area contributed by atoms with Crippen molar-refractivity contribution < 1.29 is 9.90 Å². The van der Waals surface area contributed by atoms with Crippen LogP contribution in [-0.4, -0.2) is 25.6 Å². The number of hydrogen-bond acceptors (Lipinski definition) is 4. The van der Waals surface area contributed by atoms with Crippen LogP contribution < -0.4 is 5.73 Å². The fourth-order valence-electron chi connectivity index (χ4n) is 2.58. The van der Waals surface area contributed by atoms with Gasteiger partial charge in [0.05, 0.1) is 12.0 Å². The molecule has 0 fully saturated rings. The zero-order valence-electron chi connectivity index (χ0n) is 13.3. The van der Waals surface area contributed by atoms with Crippen LogP contribution in [0.25, 0.3) is 0 Å². The first-order valence-corrected chi connectivity index (χ1v) is 8.09. The SMILES string of the molecule is Nc1ccc(CC(C(=O)O)c2cn(Cc3ccccc3Cl)cn2)cn1. The van der Waals surface area contributed by atoms with Crippen molar-refractivity contribution in [3.63, 3.8) is 0 Å². The third kappa shape index (κ3) is 4.16. The second-order valence-electron chi connectivity index (χ2n) is 5.75. The smallest absolute Gasteiger partial charge is 0.312 e. The maximum Gasteiger partial charge on any atom is 0.312 e. The molecule has 0 spiro atoms. The summed E-state index contributed by atoms with van der Waals surface area (Å²) < 4.78 is 1.83. The van der Waals surface area contributed by atoms with Crippen LogP contribution in [0.4, 0.5) is 5.82 Å². The third-order valence-corrected chi connectivity index (χ3v) is 4.28. The van der Waals surface area contributed by atoms with Gasteiger partial charge in [-0.1, -0.05) is 35.9 Å². The van der Waals surface area contributed by atoms with E-state index in [0.717, 1.165) is 11.1 Å². The van der Waals surface area contributed by atoms with Crippen LogP contribution in [0.15, 0.2) is 55.1 Å². The lowest BCUT2D eigenvalue weighted by molar-refractivity contribution is -0.138. The van der Waals surface area contributed by atoms with Crippen molar-refractivity contribution in [2.24, 2.45) is 0 Å². The van der Waals surface area contributed by atoms with Gasteiger partial charge in [-0.3, -0.25) is 4.79 Å². The molecule has 7 heteroatoms. The topological polar surface area (TPSA) is 94.0 Å². The number of imidazole rings is 1. The Hall–Kier alpha value is -2.86. The number of carboxylic acid groups (broad SMARTS) is 1. The molecule has 0 aliphatic rings. The third-order valence-electron chi connectivity index (χ3n) is 3.91. The number of benzene rings is 1. The first-order chi connectivity index (χ1) is 12.0. The number of aromatic nitrogens is 3. The number of anilines is 1. The fourth-order valence-corrected chi connectivity index (χ4v) is 2.77. The van der Waals surface area contributed by atoms with Gasteiger partial charge in [0.25, 0.3) is 0 Å². The largest absolute Gasteiger partial charge is 0.481 e. The summed E-state index contributed by atoms with van der Waals surface area (Å²) in [4.78, 5) is 19.9. The van der Waals surface area contributed by atoms with Crippen molar-refractivity contribution >= 4 is 23.4 Å². The number of halogens is 1. The van der Waals surface area contributed by atoms with E-state index < -0.39 is 11.9 Å². The summed E-state index contributed by atoms with van der Waals surface area (Å²) in [6.45, 7) is 0.530. The molecule has 3 N–H and O–H groups in total. The van der Waals surface area contributed by atoms with Crippen molar-refractivity contribution in [2.75, 3.05) is 5.73 Å². The van der Waals surface area contributed by atoms with Crippen LogP contribution in [0, 0.1) is 0 Å². The lowest BCUT2D eigenvalue weighted by Crippen LogP contribution is -2.15. The van der Waals surface area contributed by atoms with Crippen molar-refractivity contribution in [1.82, 2.24) is 14.5 Å². The van der Waals surface area contributed by atoms with Crippen LogP contribution >= 0.6 is 11.6 Å². The van der Waals surface area contributed by atoms with Gasteiger partial charge in [0, 0.05) is 24.0 Å². The summed E-state index contributed by atoms with van der Waals surface area (Å²) in [6.07, 6.45) is 5.25. The van der Waals surface area contributed by atoms with Gasteiger partial charge >= 0.3 is 5.97 Å². The number of carbonyl (C=O) groups is 1. The second kappa shape index (κ2) is 7.36. The number of rotatable bonds is 6. The summed E-state index contributed by atoms with van der Waals surface area (Å²) in [6, 6.07) is 11.0. The molecule has 128 valence electrons. The number of nitrogens with two attached hydrogens (primary N) is 1. The van der Waals surface area contributed by atoms with Gasteiger partial charge in [-0.25, -0.2) is 9.97 Å². The number of aliphatic carboxylic acids is 1. The summed E-state index contributed by atoms with van der Waals surface area (Å²) in [5.41, 5.74) is 7.80. The Morgan fingerprint density at radius 2 is 2.04 bits per heavy atom. The van der Waals surface area contributed by atoms with Crippen molar-refractivity contribution in [1.29, 1.82) is 0 Å². The summed E-state index contributed by atoms with van der Waals surface area (Å²) in [5.74, 6) is -1.28. The Balaban J connectivity index is 1.79. The number of nitrogens with zero attached hydrogens (tertiary/aromatic N) is 3. The van der Waals surface area contributed by atoms with Crippen LogP contribution in [0.1, 0.15) is 22.7 Å². The van der Waals surface area contributed by atoms with E-state index in [4.69, 9.17) is 17.3 Å². The van der Waals surface area contributed by atoms with E-state index in [9.17, 15) is 9.90 Å². The lowest BCUT2D eigenvalue weighted by atomic mass is 9.98. The minimum Gasteiger partial charge on any atom is -0.481 e. The van der Waals surface area contributed by atoms with E-state index in [1.807, 2.05) is 28.8 Å². The molecule has 0 bridgehead atoms. The molecule has 0 saturated heterocycles. The number of nitrogen functional groups attached to an aromatic ring is 1. The molecule has 0 amide bonds. The standard InChI is InChI=1S/C18H17ClN4O2/c19-15-4-2-1-3-13(15)9-23-10-16(22-11-23)14(18(24)25)7-12-5-6-17(20)21-8-12/h1-6,8,10-11,14H,7,9H2,(H2,20,21)(H,24,25). The van der Waals surface area contributed by atoms with Gasteiger partial charge in [0.2, 0.25) is 0 Å². The van der Waals surface area contributed by atoms with E-state index >= 15 is 0 Å². The first kappa shape index (κ1) is 17.0. The summed E-state index contributed by atoms with van der Waals surface area (Å²) in [7, 11) is 0. The molecule has 3 rings (SSSR count).